The normalized spacial score (nSPS) is 16.7. The van der Waals surface area contributed by atoms with Gasteiger partial charge in [-0.3, -0.25) is 9.59 Å². The summed E-state index contributed by atoms with van der Waals surface area (Å²) in [5.74, 6) is -2.03. The van der Waals surface area contributed by atoms with Gasteiger partial charge in [0.25, 0.3) is 5.91 Å². The third-order valence-corrected chi connectivity index (χ3v) is 8.06. The van der Waals surface area contributed by atoms with Crippen LogP contribution in [0.3, 0.4) is 0 Å². The number of primary amides is 1. The van der Waals surface area contributed by atoms with Gasteiger partial charge in [-0.05, 0) is 54.2 Å². The van der Waals surface area contributed by atoms with Gasteiger partial charge in [0.15, 0.2) is 11.5 Å². The number of anilines is 3. The van der Waals surface area contributed by atoms with Crippen LogP contribution in [0.5, 0.6) is 0 Å². The van der Waals surface area contributed by atoms with Crippen molar-refractivity contribution in [2.75, 3.05) is 10.6 Å². The molecule has 3 atom stereocenters. The average Bonchev–Trinajstić information content (AvgIpc) is 3.44. The van der Waals surface area contributed by atoms with Crippen LogP contribution in [0.25, 0.3) is 0 Å². The first-order valence-corrected chi connectivity index (χ1v) is 15.4. The van der Waals surface area contributed by atoms with Gasteiger partial charge in [-0.25, -0.2) is 19.6 Å². The van der Waals surface area contributed by atoms with Gasteiger partial charge in [0.05, 0.1) is 17.3 Å². The standard InChI is InChI=1S/C36H36N6O6/c1-3-31(43)41-29-17-16-28(22(29)2)40-30-19-38-32(33(37)44)34(42-30)39-25-14-15-26(35(45)47-20-23-10-6-4-7-11-23)27(18-25)36(46)48-21-24-12-8-5-9-13-24/h3-15,18-19,22,28-29H,1,16-17,20-21H2,2H3,(H2,37,44)(H,41,43)(H2,39,40,42)/t22-,28-,29?/m1/s1. The van der Waals surface area contributed by atoms with E-state index in [4.69, 9.17) is 15.2 Å². The zero-order chi connectivity index (χ0) is 34.0. The molecule has 1 unspecified atom stereocenters. The molecule has 0 radical (unpaired) electrons. The Kier molecular flexibility index (Phi) is 10.8. The molecule has 2 amide bonds. The summed E-state index contributed by atoms with van der Waals surface area (Å²) in [4.78, 5) is 59.5. The van der Waals surface area contributed by atoms with Crippen molar-refractivity contribution in [2.24, 2.45) is 11.7 Å². The quantitative estimate of drug-likeness (QED) is 0.115. The van der Waals surface area contributed by atoms with E-state index in [0.717, 1.165) is 24.0 Å². The van der Waals surface area contributed by atoms with Gasteiger partial charge in [-0.15, -0.1) is 0 Å². The molecule has 5 N–H and O–H groups in total. The molecule has 0 saturated heterocycles. The Morgan fingerprint density at radius 2 is 1.48 bits per heavy atom. The molecule has 3 aromatic carbocycles. The van der Waals surface area contributed by atoms with Crippen LogP contribution in [-0.2, 0) is 27.5 Å². The molecule has 4 aromatic rings. The van der Waals surface area contributed by atoms with Crippen LogP contribution in [0.2, 0.25) is 0 Å². The van der Waals surface area contributed by atoms with Crippen molar-refractivity contribution in [1.82, 2.24) is 15.3 Å². The van der Waals surface area contributed by atoms with E-state index in [-0.39, 0.29) is 59.8 Å². The summed E-state index contributed by atoms with van der Waals surface area (Å²) in [7, 11) is 0. The lowest BCUT2D eigenvalue weighted by molar-refractivity contribution is -0.117. The number of rotatable bonds is 13. The molecule has 1 fully saturated rings. The number of hydrogen-bond donors (Lipinski definition) is 4. The SMILES string of the molecule is C=CC(=O)NC1CC[C@@H](Nc2cnc(C(N)=O)c(Nc3ccc(C(=O)OCc4ccccc4)c(C(=O)OCc4ccccc4)c3)n2)[C@H]1C. The third kappa shape index (κ3) is 8.40. The van der Waals surface area contributed by atoms with Crippen LogP contribution >= 0.6 is 0 Å². The van der Waals surface area contributed by atoms with Gasteiger partial charge >= 0.3 is 11.9 Å². The van der Waals surface area contributed by atoms with Crippen LogP contribution in [-0.4, -0.2) is 45.8 Å². The molecule has 1 heterocycles. The molecule has 0 spiro atoms. The fourth-order valence-electron chi connectivity index (χ4n) is 5.44. The molecule has 12 nitrogen and oxygen atoms in total. The Morgan fingerprint density at radius 1 is 0.875 bits per heavy atom. The summed E-state index contributed by atoms with van der Waals surface area (Å²) >= 11 is 0. The number of carbonyl (C=O) groups excluding carboxylic acids is 4. The highest BCUT2D eigenvalue weighted by molar-refractivity contribution is 6.04. The van der Waals surface area contributed by atoms with Crippen molar-refractivity contribution in [3.8, 4) is 0 Å². The first kappa shape index (κ1) is 33.3. The minimum absolute atomic E-state index is 0.000473. The molecule has 12 heteroatoms. The number of ether oxygens (including phenoxy) is 2. The molecular weight excluding hydrogens is 612 g/mol. The molecule has 1 saturated carbocycles. The number of nitrogens with one attached hydrogen (secondary N) is 3. The molecule has 0 bridgehead atoms. The first-order chi connectivity index (χ1) is 23.2. The Hall–Kier alpha value is -6.04. The van der Waals surface area contributed by atoms with E-state index in [0.29, 0.717) is 11.5 Å². The van der Waals surface area contributed by atoms with Gasteiger partial charge in [0.1, 0.15) is 19.0 Å². The number of benzene rings is 3. The highest BCUT2D eigenvalue weighted by Gasteiger charge is 2.34. The Bertz CT molecular complexity index is 1800. The lowest BCUT2D eigenvalue weighted by atomic mass is 10.0. The molecule has 1 aromatic heterocycles. The van der Waals surface area contributed by atoms with E-state index in [9.17, 15) is 19.2 Å². The molecule has 246 valence electrons. The largest absolute Gasteiger partial charge is 0.457 e. The van der Waals surface area contributed by atoms with Crippen molar-refractivity contribution < 1.29 is 28.7 Å². The molecule has 1 aliphatic rings. The third-order valence-electron chi connectivity index (χ3n) is 8.06. The fraction of sp³-hybridized carbons (Fsp3) is 0.222. The highest BCUT2D eigenvalue weighted by atomic mass is 16.5. The maximum atomic E-state index is 13.4. The van der Waals surface area contributed by atoms with E-state index in [2.05, 4.69) is 32.5 Å². The van der Waals surface area contributed by atoms with E-state index in [1.54, 1.807) is 6.07 Å². The lowest BCUT2D eigenvalue weighted by Gasteiger charge is -2.23. The minimum atomic E-state index is -0.818. The second kappa shape index (κ2) is 15.5. The van der Waals surface area contributed by atoms with Crippen molar-refractivity contribution in [1.29, 1.82) is 0 Å². The zero-order valence-corrected chi connectivity index (χ0v) is 26.3. The van der Waals surface area contributed by atoms with Gasteiger partial charge in [-0.2, -0.15) is 0 Å². The van der Waals surface area contributed by atoms with Crippen LogP contribution in [0.15, 0.2) is 97.7 Å². The Balaban J connectivity index is 1.38. The van der Waals surface area contributed by atoms with Crippen LogP contribution in [0.4, 0.5) is 17.3 Å². The topological polar surface area (TPSA) is 175 Å². The molecule has 5 rings (SSSR count). The minimum Gasteiger partial charge on any atom is -0.457 e. The second-order valence-corrected chi connectivity index (χ2v) is 11.3. The monoisotopic (exact) mass is 648 g/mol. The number of amides is 2. The molecular formula is C36H36N6O6. The van der Waals surface area contributed by atoms with Crippen molar-refractivity contribution >= 4 is 41.1 Å². The number of esters is 2. The van der Waals surface area contributed by atoms with Gasteiger partial charge in [-0.1, -0.05) is 74.2 Å². The number of nitrogens with zero attached hydrogens (tertiary/aromatic N) is 2. The number of carbonyl (C=O) groups is 4. The van der Waals surface area contributed by atoms with Crippen molar-refractivity contribution in [3.63, 3.8) is 0 Å². The van der Waals surface area contributed by atoms with E-state index in [1.165, 1.54) is 24.4 Å². The summed E-state index contributed by atoms with van der Waals surface area (Å²) in [6.07, 6.45) is 4.18. The number of aromatic nitrogens is 2. The van der Waals surface area contributed by atoms with Gasteiger partial charge in [0.2, 0.25) is 5.91 Å². The summed E-state index contributed by atoms with van der Waals surface area (Å²) in [6, 6.07) is 22.6. The summed E-state index contributed by atoms with van der Waals surface area (Å²) in [6.45, 7) is 5.53. The molecule has 0 aliphatic heterocycles. The average molecular weight is 649 g/mol. The van der Waals surface area contributed by atoms with Crippen LogP contribution in [0.1, 0.15) is 62.1 Å². The summed E-state index contributed by atoms with van der Waals surface area (Å²) in [5, 5.41) is 9.31. The molecule has 1 aliphatic carbocycles. The maximum absolute atomic E-state index is 13.4. The van der Waals surface area contributed by atoms with Gasteiger partial charge < -0.3 is 31.2 Å². The van der Waals surface area contributed by atoms with E-state index in [1.807, 2.05) is 67.6 Å². The maximum Gasteiger partial charge on any atom is 0.339 e. The molecule has 48 heavy (non-hydrogen) atoms. The first-order valence-electron chi connectivity index (χ1n) is 15.4. The van der Waals surface area contributed by atoms with Crippen LogP contribution < -0.4 is 21.7 Å². The smallest absolute Gasteiger partial charge is 0.339 e. The van der Waals surface area contributed by atoms with Crippen molar-refractivity contribution in [3.05, 3.63) is 126 Å². The fourth-order valence-corrected chi connectivity index (χ4v) is 5.44. The zero-order valence-electron chi connectivity index (χ0n) is 26.3. The number of nitrogens with two attached hydrogens (primary N) is 1. The predicted octanol–water partition coefficient (Wildman–Crippen LogP) is 4.91. The Labute approximate surface area is 277 Å². The summed E-state index contributed by atoms with van der Waals surface area (Å²) < 4.78 is 11.1. The summed E-state index contributed by atoms with van der Waals surface area (Å²) in [5.41, 5.74) is 7.30. The van der Waals surface area contributed by atoms with E-state index < -0.39 is 17.8 Å². The Morgan fingerprint density at radius 3 is 2.08 bits per heavy atom. The van der Waals surface area contributed by atoms with Gasteiger partial charge in [0, 0.05) is 17.8 Å². The van der Waals surface area contributed by atoms with Crippen LogP contribution in [0, 0.1) is 5.92 Å². The lowest BCUT2D eigenvalue weighted by Crippen LogP contribution is -2.39. The van der Waals surface area contributed by atoms with E-state index >= 15 is 0 Å². The highest BCUT2D eigenvalue weighted by Crippen LogP contribution is 2.30. The second-order valence-electron chi connectivity index (χ2n) is 11.3. The predicted molar refractivity (Wildman–Crippen MR) is 179 cm³/mol. The van der Waals surface area contributed by atoms with Crippen molar-refractivity contribution in [2.45, 2.75) is 45.1 Å². The number of hydrogen-bond acceptors (Lipinski definition) is 10.